The van der Waals surface area contributed by atoms with Gasteiger partial charge in [0, 0.05) is 6.42 Å². The number of alkyl carbamates (subject to hydrolysis) is 1. The van der Waals surface area contributed by atoms with Crippen molar-refractivity contribution in [2.24, 2.45) is 0 Å². The molecule has 31 heavy (non-hydrogen) atoms. The van der Waals surface area contributed by atoms with Crippen LogP contribution >= 0.6 is 0 Å². The number of hydrogen-bond donors (Lipinski definition) is 3. The molecule has 0 spiro atoms. The van der Waals surface area contributed by atoms with Crippen LogP contribution in [0.1, 0.15) is 53.5 Å². The average Bonchev–Trinajstić information content (AvgIpc) is 2.58. The molecule has 2 amide bonds. The Balaban J connectivity index is 3.04. The van der Waals surface area contributed by atoms with Gasteiger partial charge in [-0.3, -0.25) is 9.59 Å². The Labute approximate surface area is 182 Å². The fourth-order valence-electron chi connectivity index (χ4n) is 2.52. The van der Waals surface area contributed by atoms with Crippen LogP contribution in [0.3, 0.4) is 0 Å². The Morgan fingerprint density at radius 3 is 1.90 bits per heavy atom. The zero-order valence-electron chi connectivity index (χ0n) is 18.9. The second-order valence-electron chi connectivity index (χ2n) is 9.08. The van der Waals surface area contributed by atoms with E-state index >= 15 is 0 Å². The third-order valence-corrected chi connectivity index (χ3v) is 3.68. The summed E-state index contributed by atoms with van der Waals surface area (Å²) in [5.41, 5.74) is -0.887. The number of aliphatic carboxylic acids is 1. The maximum atomic E-state index is 12.9. The summed E-state index contributed by atoms with van der Waals surface area (Å²) >= 11 is 0. The summed E-state index contributed by atoms with van der Waals surface area (Å²) in [6, 6.07) is 6.42. The molecule has 0 saturated heterocycles. The van der Waals surface area contributed by atoms with E-state index in [0.29, 0.717) is 0 Å². The van der Waals surface area contributed by atoms with Gasteiger partial charge in [-0.1, -0.05) is 30.3 Å². The minimum Gasteiger partial charge on any atom is -0.481 e. The van der Waals surface area contributed by atoms with Crippen LogP contribution in [0.25, 0.3) is 0 Å². The van der Waals surface area contributed by atoms with Crippen LogP contribution in [-0.4, -0.2) is 52.3 Å². The van der Waals surface area contributed by atoms with Gasteiger partial charge in [0.15, 0.2) is 0 Å². The number of carbonyl (C=O) groups is 4. The minimum atomic E-state index is -1.41. The molecule has 0 aliphatic heterocycles. The van der Waals surface area contributed by atoms with Crippen LogP contribution in [0.5, 0.6) is 0 Å². The first-order valence-electron chi connectivity index (χ1n) is 9.95. The number of hydrogen-bond acceptors (Lipinski definition) is 6. The van der Waals surface area contributed by atoms with E-state index in [-0.39, 0.29) is 6.42 Å². The van der Waals surface area contributed by atoms with Crippen molar-refractivity contribution >= 4 is 23.9 Å². The number of benzene rings is 1. The highest BCUT2D eigenvalue weighted by Crippen LogP contribution is 2.12. The van der Waals surface area contributed by atoms with Crippen LogP contribution in [0, 0.1) is 0 Å². The fraction of sp³-hybridized carbons (Fsp3) is 0.545. The maximum Gasteiger partial charge on any atom is 0.408 e. The van der Waals surface area contributed by atoms with Gasteiger partial charge in [-0.25, -0.2) is 9.59 Å². The molecule has 0 aliphatic carbocycles. The Bertz CT molecular complexity index is 779. The van der Waals surface area contributed by atoms with Gasteiger partial charge in [0.05, 0.1) is 6.42 Å². The SMILES string of the molecule is CC(C)(C)OC(=O)N[C@@H](Cc1ccccc1)C(=O)N[C@@H](CC(=O)O)C(=O)OC(C)(C)C. The lowest BCUT2D eigenvalue weighted by Gasteiger charge is -2.26. The molecule has 0 aliphatic rings. The molecule has 1 aromatic rings. The molecular formula is C22H32N2O7. The van der Waals surface area contributed by atoms with Crippen LogP contribution in [0.15, 0.2) is 30.3 Å². The Morgan fingerprint density at radius 1 is 0.871 bits per heavy atom. The maximum absolute atomic E-state index is 12.9. The first kappa shape index (κ1) is 25.9. The summed E-state index contributed by atoms with van der Waals surface area (Å²) in [5, 5.41) is 14.0. The Morgan fingerprint density at radius 2 is 1.42 bits per heavy atom. The molecule has 9 heteroatoms. The highest BCUT2D eigenvalue weighted by molar-refractivity contribution is 5.91. The number of nitrogens with one attached hydrogen (secondary N) is 2. The van der Waals surface area contributed by atoms with E-state index < -0.39 is 53.6 Å². The Kier molecular flexibility index (Phi) is 9.02. The predicted molar refractivity (Wildman–Crippen MR) is 113 cm³/mol. The van der Waals surface area contributed by atoms with Crippen molar-refractivity contribution in [2.75, 3.05) is 0 Å². The van der Waals surface area contributed by atoms with E-state index in [9.17, 15) is 19.2 Å². The quantitative estimate of drug-likeness (QED) is 0.533. The van der Waals surface area contributed by atoms with Gasteiger partial charge in [-0.2, -0.15) is 0 Å². The normalized spacial score (nSPS) is 13.5. The van der Waals surface area contributed by atoms with Crippen LogP contribution in [0.4, 0.5) is 4.79 Å². The number of carbonyl (C=O) groups excluding carboxylic acids is 3. The molecule has 172 valence electrons. The standard InChI is InChI=1S/C22H32N2O7/c1-21(2,3)30-19(28)16(13-17(25)26)23-18(27)15(12-14-10-8-7-9-11-14)24-20(29)31-22(4,5)6/h7-11,15-16H,12-13H2,1-6H3,(H,23,27)(H,24,29)(H,25,26)/t15-,16-/m0/s1. The molecule has 2 atom stereocenters. The zero-order valence-corrected chi connectivity index (χ0v) is 18.9. The van der Waals surface area contributed by atoms with E-state index in [2.05, 4.69) is 10.6 Å². The van der Waals surface area contributed by atoms with Crippen molar-refractivity contribution < 1.29 is 33.8 Å². The third kappa shape index (κ3) is 11.0. The molecule has 0 aromatic heterocycles. The molecule has 3 N–H and O–H groups in total. The summed E-state index contributed by atoms with van der Waals surface area (Å²) in [4.78, 5) is 48.8. The predicted octanol–water partition coefficient (Wildman–Crippen LogP) is 2.42. The summed E-state index contributed by atoms with van der Waals surface area (Å²) in [6.07, 6.45) is -1.36. The molecule has 0 bridgehead atoms. The van der Waals surface area contributed by atoms with Gasteiger partial charge >= 0.3 is 18.0 Å². The molecule has 1 rings (SSSR count). The van der Waals surface area contributed by atoms with E-state index in [1.807, 2.05) is 6.07 Å². The van der Waals surface area contributed by atoms with Crippen LogP contribution in [0.2, 0.25) is 0 Å². The van der Waals surface area contributed by atoms with Crippen molar-refractivity contribution in [3.05, 3.63) is 35.9 Å². The highest BCUT2D eigenvalue weighted by atomic mass is 16.6. The summed E-state index contributed by atoms with van der Waals surface area (Å²) in [5.74, 6) is -2.89. The third-order valence-electron chi connectivity index (χ3n) is 3.68. The van der Waals surface area contributed by atoms with Gasteiger partial charge in [-0.05, 0) is 47.1 Å². The molecule has 0 unspecified atom stereocenters. The smallest absolute Gasteiger partial charge is 0.408 e. The lowest BCUT2D eigenvalue weighted by Crippen LogP contribution is -2.54. The second-order valence-corrected chi connectivity index (χ2v) is 9.08. The molecule has 0 fully saturated rings. The number of rotatable bonds is 8. The summed E-state index contributed by atoms with van der Waals surface area (Å²) in [6.45, 7) is 9.95. The average molecular weight is 437 g/mol. The van der Waals surface area contributed by atoms with Crippen LogP contribution in [-0.2, 0) is 30.3 Å². The lowest BCUT2D eigenvalue weighted by molar-refractivity contribution is -0.161. The van der Waals surface area contributed by atoms with E-state index in [4.69, 9.17) is 14.6 Å². The highest BCUT2D eigenvalue weighted by Gasteiger charge is 2.32. The number of carboxylic acid groups (broad SMARTS) is 1. The number of ether oxygens (including phenoxy) is 2. The van der Waals surface area contributed by atoms with Crippen molar-refractivity contribution in [2.45, 2.75) is 77.7 Å². The van der Waals surface area contributed by atoms with Gasteiger partial charge in [-0.15, -0.1) is 0 Å². The zero-order chi connectivity index (χ0) is 23.8. The number of amides is 2. The minimum absolute atomic E-state index is 0.111. The van der Waals surface area contributed by atoms with Gasteiger partial charge in [0.25, 0.3) is 0 Å². The van der Waals surface area contributed by atoms with E-state index in [0.717, 1.165) is 5.56 Å². The fourth-order valence-corrected chi connectivity index (χ4v) is 2.52. The van der Waals surface area contributed by atoms with E-state index in [1.165, 1.54) is 0 Å². The molecule has 0 heterocycles. The number of esters is 1. The van der Waals surface area contributed by atoms with Crippen molar-refractivity contribution in [3.8, 4) is 0 Å². The second kappa shape index (κ2) is 10.8. The van der Waals surface area contributed by atoms with Crippen molar-refractivity contribution in [3.63, 3.8) is 0 Å². The van der Waals surface area contributed by atoms with Gasteiger partial charge < -0.3 is 25.2 Å². The van der Waals surface area contributed by atoms with E-state index in [1.54, 1.807) is 65.8 Å². The molecule has 0 radical (unpaired) electrons. The topological polar surface area (TPSA) is 131 Å². The lowest BCUT2D eigenvalue weighted by atomic mass is 10.0. The van der Waals surface area contributed by atoms with Gasteiger partial charge in [0.2, 0.25) is 5.91 Å². The molecular weight excluding hydrogens is 404 g/mol. The van der Waals surface area contributed by atoms with Crippen LogP contribution < -0.4 is 10.6 Å². The molecule has 0 saturated carbocycles. The van der Waals surface area contributed by atoms with Crippen molar-refractivity contribution in [1.29, 1.82) is 0 Å². The largest absolute Gasteiger partial charge is 0.481 e. The molecule has 1 aromatic carbocycles. The van der Waals surface area contributed by atoms with Crippen molar-refractivity contribution in [1.82, 2.24) is 10.6 Å². The Hall–Kier alpha value is -3.10. The molecule has 9 nitrogen and oxygen atoms in total. The summed E-state index contributed by atoms with van der Waals surface area (Å²) in [7, 11) is 0. The first-order chi connectivity index (χ1) is 14.2. The first-order valence-corrected chi connectivity index (χ1v) is 9.95. The van der Waals surface area contributed by atoms with Gasteiger partial charge in [0.1, 0.15) is 23.3 Å². The summed E-state index contributed by atoms with van der Waals surface area (Å²) < 4.78 is 10.4. The number of carboxylic acids is 1. The monoisotopic (exact) mass is 436 g/mol.